The minimum absolute atomic E-state index is 0.156. The molecule has 0 saturated heterocycles. The summed E-state index contributed by atoms with van der Waals surface area (Å²) in [7, 11) is 0. The van der Waals surface area contributed by atoms with Crippen molar-refractivity contribution in [1.29, 1.82) is 0 Å². The third-order valence-electron chi connectivity index (χ3n) is 5.43. The topological polar surface area (TPSA) is 58.6 Å². The second kappa shape index (κ2) is 13.3. The molecule has 0 aliphatic rings. The normalized spacial score (nSPS) is 11.6. The van der Waals surface area contributed by atoms with Gasteiger partial charge in [0.1, 0.15) is 11.9 Å². The van der Waals surface area contributed by atoms with E-state index in [1.807, 2.05) is 67.6 Å². The van der Waals surface area contributed by atoms with Crippen LogP contribution in [0.25, 0.3) is 0 Å². The third kappa shape index (κ3) is 7.52. The lowest BCUT2D eigenvalue weighted by Crippen LogP contribution is -2.44. The van der Waals surface area contributed by atoms with Crippen molar-refractivity contribution in [2.75, 3.05) is 19.8 Å². The molecule has 3 rings (SSSR count). The van der Waals surface area contributed by atoms with Gasteiger partial charge < -0.3 is 15.0 Å². The van der Waals surface area contributed by atoms with Crippen molar-refractivity contribution in [3.05, 3.63) is 107 Å². The number of ether oxygens (including phenoxy) is 1. The highest BCUT2D eigenvalue weighted by atomic mass is 19.1. The minimum atomic E-state index is -0.824. The molecule has 3 aromatic carbocycles. The van der Waals surface area contributed by atoms with Crippen LogP contribution in [-0.4, -0.2) is 36.5 Å². The number of nitrogens with one attached hydrogen (secondary N) is 1. The zero-order chi connectivity index (χ0) is 24.2. The molecule has 2 amide bonds. The Morgan fingerprint density at radius 1 is 0.912 bits per heavy atom. The minimum Gasteiger partial charge on any atom is -0.382 e. The maximum atomic E-state index is 13.6. The smallest absolute Gasteiger partial charge is 0.247 e. The second-order valence-electron chi connectivity index (χ2n) is 7.97. The fraction of sp³-hybridized carbons (Fsp3) is 0.286. The molecule has 0 radical (unpaired) electrons. The molecule has 6 heteroatoms. The Labute approximate surface area is 200 Å². The average Bonchev–Trinajstić information content (AvgIpc) is 2.86. The van der Waals surface area contributed by atoms with Crippen LogP contribution in [-0.2, 0) is 27.3 Å². The highest BCUT2D eigenvalue weighted by Crippen LogP contribution is 2.25. The van der Waals surface area contributed by atoms with Gasteiger partial charge in [0.15, 0.2) is 0 Å². The predicted octanol–water partition coefficient (Wildman–Crippen LogP) is 4.68. The van der Waals surface area contributed by atoms with Gasteiger partial charge in [-0.05, 0) is 42.2 Å². The van der Waals surface area contributed by atoms with Crippen molar-refractivity contribution in [1.82, 2.24) is 10.2 Å². The number of hydrogen-bond donors (Lipinski definition) is 1. The monoisotopic (exact) mass is 462 g/mol. The molecular formula is C28H31FN2O3. The first-order valence-corrected chi connectivity index (χ1v) is 11.6. The van der Waals surface area contributed by atoms with Crippen molar-refractivity contribution < 1.29 is 18.7 Å². The van der Waals surface area contributed by atoms with Crippen LogP contribution in [0.3, 0.4) is 0 Å². The van der Waals surface area contributed by atoms with Crippen LogP contribution >= 0.6 is 0 Å². The summed E-state index contributed by atoms with van der Waals surface area (Å²) in [6.07, 6.45) is 0.833. The van der Waals surface area contributed by atoms with Gasteiger partial charge in [-0.15, -0.1) is 0 Å². The molecule has 0 fully saturated rings. The van der Waals surface area contributed by atoms with Crippen molar-refractivity contribution in [2.45, 2.75) is 32.4 Å². The molecule has 178 valence electrons. The van der Waals surface area contributed by atoms with Crippen LogP contribution < -0.4 is 5.32 Å². The summed E-state index contributed by atoms with van der Waals surface area (Å²) in [6.45, 7) is 3.73. The molecule has 0 saturated carbocycles. The molecule has 1 N–H and O–H groups in total. The summed E-state index contributed by atoms with van der Waals surface area (Å²) in [6, 6.07) is 23.9. The number of hydrogen-bond acceptors (Lipinski definition) is 3. The van der Waals surface area contributed by atoms with Gasteiger partial charge in [-0.3, -0.25) is 9.59 Å². The molecule has 0 unspecified atom stereocenters. The largest absolute Gasteiger partial charge is 0.382 e. The SMILES string of the molecule is CCOCCCNC(=O)[C@@H](c1ccccc1)N(Cc1ccc(F)cc1)C(=O)Cc1ccccc1. The molecule has 0 bridgehead atoms. The summed E-state index contributed by atoms with van der Waals surface area (Å²) < 4.78 is 18.8. The van der Waals surface area contributed by atoms with Crippen molar-refractivity contribution in [2.24, 2.45) is 0 Å². The van der Waals surface area contributed by atoms with Gasteiger partial charge in [0.05, 0.1) is 6.42 Å². The summed E-state index contributed by atoms with van der Waals surface area (Å²) in [4.78, 5) is 28.6. The summed E-state index contributed by atoms with van der Waals surface area (Å²) in [5, 5.41) is 2.96. The van der Waals surface area contributed by atoms with Crippen LogP contribution in [0.4, 0.5) is 4.39 Å². The van der Waals surface area contributed by atoms with Gasteiger partial charge in [-0.1, -0.05) is 72.8 Å². The number of nitrogens with zero attached hydrogens (tertiary/aromatic N) is 1. The van der Waals surface area contributed by atoms with E-state index < -0.39 is 6.04 Å². The Bertz CT molecular complexity index is 1030. The van der Waals surface area contributed by atoms with Crippen molar-refractivity contribution in [3.63, 3.8) is 0 Å². The van der Waals surface area contributed by atoms with Crippen LogP contribution in [0.5, 0.6) is 0 Å². The van der Waals surface area contributed by atoms with E-state index in [2.05, 4.69) is 5.32 Å². The highest BCUT2D eigenvalue weighted by Gasteiger charge is 2.31. The number of carbonyl (C=O) groups excluding carboxylic acids is 2. The standard InChI is InChI=1S/C28H31FN2O3/c1-2-34-19-9-18-30-28(33)27(24-12-7-4-8-13-24)31(21-23-14-16-25(29)17-15-23)26(32)20-22-10-5-3-6-11-22/h3-8,10-17,27H,2,9,18-21H2,1H3,(H,30,33)/t27-/m1/s1. The van der Waals surface area contributed by atoms with E-state index in [0.29, 0.717) is 31.7 Å². The van der Waals surface area contributed by atoms with Gasteiger partial charge in [-0.2, -0.15) is 0 Å². The lowest BCUT2D eigenvalue weighted by molar-refractivity contribution is -0.141. The van der Waals surface area contributed by atoms with Crippen LogP contribution in [0.2, 0.25) is 0 Å². The molecule has 3 aromatic rings. The lowest BCUT2D eigenvalue weighted by atomic mass is 10.0. The maximum absolute atomic E-state index is 13.6. The molecule has 0 heterocycles. The van der Waals surface area contributed by atoms with Crippen LogP contribution in [0, 0.1) is 5.82 Å². The van der Waals surface area contributed by atoms with Gasteiger partial charge in [0, 0.05) is 26.3 Å². The zero-order valence-electron chi connectivity index (χ0n) is 19.5. The first kappa shape index (κ1) is 25.1. The number of rotatable bonds is 12. The fourth-order valence-electron chi connectivity index (χ4n) is 3.72. The maximum Gasteiger partial charge on any atom is 0.247 e. The van der Waals surface area contributed by atoms with Crippen molar-refractivity contribution in [3.8, 4) is 0 Å². The van der Waals surface area contributed by atoms with E-state index >= 15 is 0 Å². The molecule has 34 heavy (non-hydrogen) atoms. The molecule has 5 nitrogen and oxygen atoms in total. The van der Waals surface area contributed by atoms with Gasteiger partial charge in [0.25, 0.3) is 0 Å². The molecule has 0 aliphatic carbocycles. The quantitative estimate of drug-likeness (QED) is 0.398. The molecule has 0 aromatic heterocycles. The van der Waals surface area contributed by atoms with Gasteiger partial charge in [-0.25, -0.2) is 4.39 Å². The number of benzene rings is 3. The van der Waals surface area contributed by atoms with E-state index in [0.717, 1.165) is 11.1 Å². The molecule has 0 spiro atoms. The van der Waals surface area contributed by atoms with E-state index in [1.165, 1.54) is 12.1 Å². The summed E-state index contributed by atoms with van der Waals surface area (Å²) in [5.41, 5.74) is 2.32. The molecule has 0 aliphatic heterocycles. The van der Waals surface area contributed by atoms with Gasteiger partial charge in [0.2, 0.25) is 11.8 Å². The second-order valence-corrected chi connectivity index (χ2v) is 7.97. The van der Waals surface area contributed by atoms with E-state index in [9.17, 15) is 14.0 Å². The van der Waals surface area contributed by atoms with Crippen LogP contribution in [0.1, 0.15) is 36.1 Å². The third-order valence-corrected chi connectivity index (χ3v) is 5.43. The first-order valence-electron chi connectivity index (χ1n) is 11.6. The number of carbonyl (C=O) groups is 2. The predicted molar refractivity (Wildman–Crippen MR) is 130 cm³/mol. The Kier molecular flexibility index (Phi) is 9.80. The van der Waals surface area contributed by atoms with E-state index in [4.69, 9.17) is 4.74 Å². The van der Waals surface area contributed by atoms with E-state index in [1.54, 1.807) is 17.0 Å². The van der Waals surface area contributed by atoms with E-state index in [-0.39, 0.29) is 30.6 Å². The zero-order valence-corrected chi connectivity index (χ0v) is 19.5. The Morgan fingerprint density at radius 3 is 2.21 bits per heavy atom. The Balaban J connectivity index is 1.89. The fourth-order valence-corrected chi connectivity index (χ4v) is 3.72. The summed E-state index contributed by atoms with van der Waals surface area (Å²) in [5.74, 6) is -0.794. The van der Waals surface area contributed by atoms with Crippen molar-refractivity contribution >= 4 is 11.8 Å². The van der Waals surface area contributed by atoms with Gasteiger partial charge >= 0.3 is 0 Å². The average molecular weight is 463 g/mol. The highest BCUT2D eigenvalue weighted by molar-refractivity contribution is 5.89. The van der Waals surface area contributed by atoms with Crippen LogP contribution in [0.15, 0.2) is 84.9 Å². The molecular weight excluding hydrogens is 431 g/mol. The Morgan fingerprint density at radius 2 is 1.56 bits per heavy atom. The lowest BCUT2D eigenvalue weighted by Gasteiger charge is -2.32. The Hall–Kier alpha value is -3.51. The summed E-state index contributed by atoms with van der Waals surface area (Å²) >= 11 is 0. The first-order chi connectivity index (χ1) is 16.6. The molecule has 1 atom stereocenters. The number of halogens is 1. The number of amides is 2.